The first-order chi connectivity index (χ1) is 4.88. The van der Waals surface area contributed by atoms with Crippen molar-refractivity contribution in [2.24, 2.45) is 5.92 Å². The number of β-amino-alcohol motifs (C(OH)–C–C–N with tert-alkyl or cyclic N) is 1. The zero-order valence-corrected chi connectivity index (χ0v) is 6.01. The normalized spacial score (nSPS) is 38.3. The summed E-state index contributed by atoms with van der Waals surface area (Å²) >= 11 is 0. The molecule has 2 nitrogen and oxygen atoms in total. The quantitative estimate of drug-likeness (QED) is 0.516. The molecule has 1 aliphatic carbocycles. The number of rotatable bonds is 0. The highest BCUT2D eigenvalue weighted by atomic mass is 16.3. The van der Waals surface area contributed by atoms with Crippen molar-refractivity contribution in [1.82, 2.24) is 5.32 Å². The number of allylic oxidation sites excluding steroid dienone is 1. The Kier molecular flexibility index (Phi) is 1.42. The highest BCUT2D eigenvalue weighted by Crippen LogP contribution is 2.29. The second-order valence-corrected chi connectivity index (χ2v) is 3.15. The molecule has 1 aliphatic heterocycles. The third-order valence-electron chi connectivity index (χ3n) is 2.46. The van der Waals surface area contributed by atoms with Gasteiger partial charge in [-0.3, -0.25) is 0 Å². The van der Waals surface area contributed by atoms with E-state index in [0.717, 1.165) is 6.54 Å². The maximum Gasteiger partial charge on any atom is 0.0794 e. The van der Waals surface area contributed by atoms with Crippen molar-refractivity contribution < 1.29 is 5.11 Å². The van der Waals surface area contributed by atoms with Gasteiger partial charge in [-0.2, -0.15) is 0 Å². The summed E-state index contributed by atoms with van der Waals surface area (Å²) in [5.74, 6) is 0.439. The summed E-state index contributed by atoms with van der Waals surface area (Å²) < 4.78 is 0. The third-order valence-corrected chi connectivity index (χ3v) is 2.46. The first-order valence-electron chi connectivity index (χ1n) is 4.00. The van der Waals surface area contributed by atoms with Crippen LogP contribution in [0.5, 0.6) is 0 Å². The van der Waals surface area contributed by atoms with Gasteiger partial charge in [-0.1, -0.05) is 6.08 Å². The van der Waals surface area contributed by atoms with Crippen LogP contribution < -0.4 is 5.32 Å². The van der Waals surface area contributed by atoms with Crippen LogP contribution in [0.3, 0.4) is 0 Å². The SMILES string of the molecule is OC1CNC2=CCCCC21. The van der Waals surface area contributed by atoms with E-state index in [4.69, 9.17) is 0 Å². The maximum atomic E-state index is 9.42. The second-order valence-electron chi connectivity index (χ2n) is 3.15. The summed E-state index contributed by atoms with van der Waals surface area (Å²) in [6, 6.07) is 0. The Bertz CT molecular complexity index is 165. The summed E-state index contributed by atoms with van der Waals surface area (Å²) in [5, 5.41) is 12.6. The van der Waals surface area contributed by atoms with Crippen molar-refractivity contribution in [3.8, 4) is 0 Å². The zero-order chi connectivity index (χ0) is 6.97. The van der Waals surface area contributed by atoms with Crippen molar-refractivity contribution in [3.05, 3.63) is 11.8 Å². The van der Waals surface area contributed by atoms with Gasteiger partial charge in [-0.05, 0) is 19.3 Å². The van der Waals surface area contributed by atoms with Gasteiger partial charge in [0, 0.05) is 18.2 Å². The van der Waals surface area contributed by atoms with Crippen LogP contribution in [0, 0.1) is 5.92 Å². The Balaban J connectivity index is 2.17. The van der Waals surface area contributed by atoms with Crippen molar-refractivity contribution in [2.75, 3.05) is 6.54 Å². The van der Waals surface area contributed by atoms with Crippen LogP contribution in [-0.4, -0.2) is 17.8 Å². The molecule has 56 valence electrons. The largest absolute Gasteiger partial charge is 0.391 e. The molecule has 0 aromatic carbocycles. The summed E-state index contributed by atoms with van der Waals surface area (Å²) in [6.07, 6.45) is 5.70. The fourth-order valence-corrected chi connectivity index (χ4v) is 1.87. The first kappa shape index (κ1) is 6.23. The molecule has 0 amide bonds. The highest BCUT2D eigenvalue weighted by Gasteiger charge is 2.30. The molecule has 0 aromatic rings. The van der Waals surface area contributed by atoms with Gasteiger partial charge in [0.25, 0.3) is 0 Å². The molecule has 1 saturated heterocycles. The zero-order valence-electron chi connectivity index (χ0n) is 6.01. The Morgan fingerprint density at radius 2 is 2.50 bits per heavy atom. The molecule has 0 radical (unpaired) electrons. The van der Waals surface area contributed by atoms with Crippen molar-refractivity contribution in [3.63, 3.8) is 0 Å². The lowest BCUT2D eigenvalue weighted by Gasteiger charge is -2.18. The Hall–Kier alpha value is -0.500. The summed E-state index contributed by atoms with van der Waals surface area (Å²) in [4.78, 5) is 0. The molecule has 1 heterocycles. The van der Waals surface area contributed by atoms with Crippen LogP contribution in [-0.2, 0) is 0 Å². The molecule has 2 atom stereocenters. The first-order valence-corrected chi connectivity index (χ1v) is 4.00. The predicted octanol–water partition coefficient (Wildman–Crippen LogP) is 0.635. The van der Waals surface area contributed by atoms with Gasteiger partial charge < -0.3 is 10.4 Å². The lowest BCUT2D eigenvalue weighted by Crippen LogP contribution is -2.18. The minimum absolute atomic E-state index is 0.119. The molecule has 2 aliphatic rings. The molecular weight excluding hydrogens is 126 g/mol. The van der Waals surface area contributed by atoms with E-state index in [1.165, 1.54) is 25.0 Å². The highest BCUT2D eigenvalue weighted by molar-refractivity contribution is 5.14. The van der Waals surface area contributed by atoms with Crippen LogP contribution in [0.25, 0.3) is 0 Å². The number of nitrogens with one attached hydrogen (secondary N) is 1. The van der Waals surface area contributed by atoms with E-state index >= 15 is 0 Å². The van der Waals surface area contributed by atoms with Gasteiger partial charge in [0.15, 0.2) is 0 Å². The minimum Gasteiger partial charge on any atom is -0.391 e. The number of aliphatic hydroxyl groups excluding tert-OH is 1. The Morgan fingerprint density at radius 1 is 1.60 bits per heavy atom. The van der Waals surface area contributed by atoms with E-state index < -0.39 is 0 Å². The fourth-order valence-electron chi connectivity index (χ4n) is 1.87. The van der Waals surface area contributed by atoms with Crippen LogP contribution in [0.1, 0.15) is 19.3 Å². The smallest absolute Gasteiger partial charge is 0.0794 e. The van der Waals surface area contributed by atoms with Crippen molar-refractivity contribution >= 4 is 0 Å². The van der Waals surface area contributed by atoms with Gasteiger partial charge in [0.2, 0.25) is 0 Å². The molecule has 0 saturated carbocycles. The maximum absolute atomic E-state index is 9.42. The minimum atomic E-state index is -0.119. The molecular formula is C8H13NO. The number of aliphatic hydroxyl groups is 1. The van der Waals surface area contributed by atoms with Gasteiger partial charge in [0.1, 0.15) is 0 Å². The third kappa shape index (κ3) is 0.833. The molecule has 2 N–H and O–H groups in total. The van der Waals surface area contributed by atoms with Crippen molar-refractivity contribution in [2.45, 2.75) is 25.4 Å². The average molecular weight is 139 g/mol. The molecule has 1 fully saturated rings. The van der Waals surface area contributed by atoms with Gasteiger partial charge >= 0.3 is 0 Å². The van der Waals surface area contributed by atoms with E-state index in [9.17, 15) is 5.11 Å². The van der Waals surface area contributed by atoms with Crippen LogP contribution >= 0.6 is 0 Å². The van der Waals surface area contributed by atoms with Gasteiger partial charge in [0.05, 0.1) is 6.10 Å². The van der Waals surface area contributed by atoms with E-state index in [1.807, 2.05) is 0 Å². The molecule has 10 heavy (non-hydrogen) atoms. The fraction of sp³-hybridized carbons (Fsp3) is 0.750. The number of fused-ring (bicyclic) bond motifs is 1. The molecule has 2 heteroatoms. The standard InChI is InChI=1S/C8H13NO/c10-8-5-9-7-4-2-1-3-6(7)8/h4,6,8-10H,1-3,5H2. The Labute approximate surface area is 60.9 Å². The summed E-state index contributed by atoms with van der Waals surface area (Å²) in [7, 11) is 0. The monoisotopic (exact) mass is 139 g/mol. The Morgan fingerprint density at radius 3 is 3.30 bits per heavy atom. The van der Waals surface area contributed by atoms with Gasteiger partial charge in [-0.25, -0.2) is 0 Å². The molecule has 2 rings (SSSR count). The van der Waals surface area contributed by atoms with E-state index in [0.29, 0.717) is 5.92 Å². The topological polar surface area (TPSA) is 32.3 Å². The van der Waals surface area contributed by atoms with Crippen molar-refractivity contribution in [1.29, 1.82) is 0 Å². The number of hydrogen-bond acceptors (Lipinski definition) is 2. The molecule has 2 unspecified atom stereocenters. The predicted molar refractivity (Wildman–Crippen MR) is 39.4 cm³/mol. The number of hydrogen-bond donors (Lipinski definition) is 2. The lowest BCUT2D eigenvalue weighted by molar-refractivity contribution is 0.146. The molecule has 0 spiro atoms. The van der Waals surface area contributed by atoms with Crippen LogP contribution in [0.2, 0.25) is 0 Å². The lowest BCUT2D eigenvalue weighted by atomic mass is 9.91. The van der Waals surface area contributed by atoms with Crippen LogP contribution in [0.15, 0.2) is 11.8 Å². The molecule has 0 aromatic heterocycles. The van der Waals surface area contributed by atoms with Gasteiger partial charge in [-0.15, -0.1) is 0 Å². The van der Waals surface area contributed by atoms with Crippen LogP contribution in [0.4, 0.5) is 0 Å². The second kappa shape index (κ2) is 2.27. The summed E-state index contributed by atoms with van der Waals surface area (Å²) in [6.45, 7) is 0.760. The van der Waals surface area contributed by atoms with E-state index in [1.54, 1.807) is 0 Å². The molecule has 0 bridgehead atoms. The summed E-state index contributed by atoms with van der Waals surface area (Å²) in [5.41, 5.74) is 1.29. The van der Waals surface area contributed by atoms with E-state index in [-0.39, 0.29) is 6.10 Å². The average Bonchev–Trinajstić information content (AvgIpc) is 2.34. The van der Waals surface area contributed by atoms with E-state index in [2.05, 4.69) is 11.4 Å².